The van der Waals surface area contributed by atoms with Crippen LogP contribution in [0.15, 0.2) is 24.3 Å². The van der Waals surface area contributed by atoms with Crippen molar-refractivity contribution in [1.29, 1.82) is 0 Å². The van der Waals surface area contributed by atoms with E-state index >= 15 is 0 Å². The molecule has 2 unspecified atom stereocenters. The van der Waals surface area contributed by atoms with Crippen LogP contribution in [0.3, 0.4) is 0 Å². The van der Waals surface area contributed by atoms with Gasteiger partial charge in [-0.25, -0.2) is 0 Å². The Labute approximate surface area is 105 Å². The molecule has 1 fully saturated rings. The van der Waals surface area contributed by atoms with Crippen LogP contribution in [-0.4, -0.2) is 34.7 Å². The topological polar surface area (TPSA) is 76.0 Å². The van der Waals surface area contributed by atoms with Gasteiger partial charge in [-0.2, -0.15) is 0 Å². The molecule has 0 amide bonds. The van der Waals surface area contributed by atoms with E-state index in [0.29, 0.717) is 13.0 Å². The monoisotopic (exact) mass is 252 g/mol. The maximum atomic E-state index is 10.6. The molecule has 1 aliphatic heterocycles. The minimum Gasteiger partial charge on any atom is -0.508 e. The molecule has 0 spiro atoms. The van der Waals surface area contributed by atoms with Crippen LogP contribution in [0.4, 0.5) is 0 Å². The Morgan fingerprint density at radius 2 is 2.11 bits per heavy atom. The minimum atomic E-state index is -0.891. The van der Waals surface area contributed by atoms with Crippen molar-refractivity contribution in [3.05, 3.63) is 29.8 Å². The lowest BCUT2D eigenvalue weighted by molar-refractivity contribution is -0.158. The molecule has 0 bridgehead atoms. The summed E-state index contributed by atoms with van der Waals surface area (Å²) in [5.74, 6) is -1.48. The number of benzene rings is 1. The summed E-state index contributed by atoms with van der Waals surface area (Å²) in [4.78, 5) is 10.6. The van der Waals surface area contributed by atoms with E-state index < -0.39 is 17.9 Å². The van der Waals surface area contributed by atoms with Crippen molar-refractivity contribution < 1.29 is 24.5 Å². The van der Waals surface area contributed by atoms with Gasteiger partial charge in [0.05, 0.1) is 19.1 Å². The predicted molar refractivity (Wildman–Crippen MR) is 63.3 cm³/mol. The van der Waals surface area contributed by atoms with Gasteiger partial charge in [0.1, 0.15) is 5.75 Å². The highest BCUT2D eigenvalue weighted by Gasteiger charge is 2.38. The van der Waals surface area contributed by atoms with Crippen molar-refractivity contribution in [3.63, 3.8) is 0 Å². The molecule has 2 rings (SSSR count). The molecule has 1 aliphatic rings. The first-order chi connectivity index (χ1) is 8.47. The van der Waals surface area contributed by atoms with Gasteiger partial charge in [-0.15, -0.1) is 0 Å². The van der Waals surface area contributed by atoms with Crippen molar-refractivity contribution >= 4 is 5.97 Å². The number of rotatable bonds is 4. The molecule has 0 aromatic heterocycles. The predicted octanol–water partition coefficient (Wildman–Crippen LogP) is 1.54. The summed E-state index contributed by atoms with van der Waals surface area (Å²) < 4.78 is 11.2. The minimum absolute atomic E-state index is 0.0504. The zero-order chi connectivity index (χ0) is 13.2. The highest BCUT2D eigenvalue weighted by Crippen LogP contribution is 2.29. The molecular formula is C13H16O5. The van der Waals surface area contributed by atoms with Gasteiger partial charge in [0.15, 0.2) is 5.79 Å². The fourth-order valence-corrected chi connectivity index (χ4v) is 2.06. The van der Waals surface area contributed by atoms with E-state index in [1.807, 2.05) is 0 Å². The Hall–Kier alpha value is -1.59. The molecule has 2 N–H and O–H groups in total. The van der Waals surface area contributed by atoms with Crippen LogP contribution >= 0.6 is 0 Å². The van der Waals surface area contributed by atoms with Gasteiger partial charge in [-0.1, -0.05) is 12.1 Å². The zero-order valence-corrected chi connectivity index (χ0v) is 10.1. The Kier molecular flexibility index (Phi) is 3.54. The number of carboxylic acid groups (broad SMARTS) is 1. The zero-order valence-electron chi connectivity index (χ0n) is 10.1. The fraction of sp³-hybridized carbons (Fsp3) is 0.462. The number of carboxylic acids is 1. The fourth-order valence-electron chi connectivity index (χ4n) is 2.06. The highest BCUT2D eigenvalue weighted by molar-refractivity contribution is 5.67. The van der Waals surface area contributed by atoms with Crippen LogP contribution in [0.1, 0.15) is 18.9 Å². The van der Waals surface area contributed by atoms with Gasteiger partial charge in [-0.05, 0) is 24.6 Å². The van der Waals surface area contributed by atoms with E-state index in [1.165, 1.54) is 0 Å². The Morgan fingerprint density at radius 3 is 2.72 bits per heavy atom. The number of hydrogen-bond donors (Lipinski definition) is 2. The normalized spacial score (nSPS) is 27.3. The summed E-state index contributed by atoms with van der Waals surface area (Å²) in [5.41, 5.74) is 0.964. The second-order valence-electron chi connectivity index (χ2n) is 4.63. The smallest absolute Gasteiger partial charge is 0.306 e. The van der Waals surface area contributed by atoms with Gasteiger partial charge in [0, 0.05) is 6.42 Å². The maximum Gasteiger partial charge on any atom is 0.306 e. The van der Waals surface area contributed by atoms with E-state index in [4.69, 9.17) is 14.6 Å². The summed E-state index contributed by atoms with van der Waals surface area (Å²) in [6.45, 7) is 2.09. The molecular weight excluding hydrogens is 236 g/mol. The van der Waals surface area contributed by atoms with Gasteiger partial charge in [-0.3, -0.25) is 4.79 Å². The lowest BCUT2D eigenvalue weighted by Crippen LogP contribution is -2.30. The molecule has 2 atom stereocenters. The number of ether oxygens (including phenoxy) is 2. The van der Waals surface area contributed by atoms with Crippen molar-refractivity contribution in [2.75, 3.05) is 6.61 Å². The van der Waals surface area contributed by atoms with E-state index in [-0.39, 0.29) is 12.2 Å². The second-order valence-corrected chi connectivity index (χ2v) is 4.63. The molecule has 0 radical (unpaired) electrons. The molecule has 1 aromatic carbocycles. The number of carbonyl (C=O) groups is 1. The van der Waals surface area contributed by atoms with Crippen LogP contribution < -0.4 is 0 Å². The average molecular weight is 252 g/mol. The number of phenols is 1. The number of phenolic OH excluding ortho intramolecular Hbond substituents is 1. The first-order valence-electron chi connectivity index (χ1n) is 5.78. The molecule has 98 valence electrons. The number of aliphatic carboxylic acids is 1. The second kappa shape index (κ2) is 4.96. The summed E-state index contributed by atoms with van der Waals surface area (Å²) >= 11 is 0. The van der Waals surface area contributed by atoms with Crippen LogP contribution in [0.25, 0.3) is 0 Å². The summed E-state index contributed by atoms with van der Waals surface area (Å²) in [6.07, 6.45) is 0.0683. The molecule has 1 saturated heterocycles. The number of hydrogen-bond acceptors (Lipinski definition) is 4. The largest absolute Gasteiger partial charge is 0.508 e. The summed E-state index contributed by atoms with van der Waals surface area (Å²) in [6, 6.07) is 6.78. The molecule has 5 nitrogen and oxygen atoms in total. The third kappa shape index (κ3) is 3.21. The standard InChI is InChI=1S/C13H16O5/c1-13(7-9-2-4-10(14)5-3-9)17-8-11(18-13)6-12(15)16/h2-5,11,14H,6-8H2,1H3,(H,15,16). The van der Waals surface area contributed by atoms with Crippen LogP contribution in [0.2, 0.25) is 0 Å². The lowest BCUT2D eigenvalue weighted by atomic mass is 10.1. The Morgan fingerprint density at radius 1 is 1.44 bits per heavy atom. The molecule has 18 heavy (non-hydrogen) atoms. The first-order valence-corrected chi connectivity index (χ1v) is 5.78. The van der Waals surface area contributed by atoms with E-state index in [2.05, 4.69) is 0 Å². The summed E-state index contributed by atoms with van der Waals surface area (Å²) in [5, 5.41) is 17.9. The van der Waals surface area contributed by atoms with E-state index in [1.54, 1.807) is 31.2 Å². The molecule has 0 saturated carbocycles. The summed E-state index contributed by atoms with van der Waals surface area (Å²) in [7, 11) is 0. The maximum absolute atomic E-state index is 10.6. The van der Waals surface area contributed by atoms with Gasteiger partial charge < -0.3 is 19.7 Å². The van der Waals surface area contributed by atoms with Crippen LogP contribution in [-0.2, 0) is 20.7 Å². The molecule has 1 aromatic rings. The van der Waals surface area contributed by atoms with Crippen LogP contribution in [0.5, 0.6) is 5.75 Å². The molecule has 1 heterocycles. The van der Waals surface area contributed by atoms with Crippen molar-refractivity contribution in [2.45, 2.75) is 31.7 Å². The lowest BCUT2D eigenvalue weighted by Gasteiger charge is -2.23. The Bertz CT molecular complexity index is 428. The average Bonchev–Trinajstić information content (AvgIpc) is 2.63. The molecule has 5 heteroatoms. The van der Waals surface area contributed by atoms with Crippen LogP contribution in [0, 0.1) is 0 Å². The highest BCUT2D eigenvalue weighted by atomic mass is 16.7. The van der Waals surface area contributed by atoms with Gasteiger partial charge in [0.25, 0.3) is 0 Å². The van der Waals surface area contributed by atoms with E-state index in [9.17, 15) is 9.90 Å². The Balaban J connectivity index is 1.97. The van der Waals surface area contributed by atoms with Crippen molar-refractivity contribution in [1.82, 2.24) is 0 Å². The van der Waals surface area contributed by atoms with Crippen molar-refractivity contribution in [2.24, 2.45) is 0 Å². The van der Waals surface area contributed by atoms with Crippen molar-refractivity contribution in [3.8, 4) is 5.75 Å². The van der Waals surface area contributed by atoms with E-state index in [0.717, 1.165) is 5.56 Å². The molecule has 0 aliphatic carbocycles. The third-order valence-electron chi connectivity index (χ3n) is 2.85. The quantitative estimate of drug-likeness (QED) is 0.850. The van der Waals surface area contributed by atoms with Gasteiger partial charge in [0.2, 0.25) is 0 Å². The SMILES string of the molecule is CC1(Cc2ccc(O)cc2)OCC(CC(=O)O)O1. The first kappa shape index (κ1) is 12.9. The third-order valence-corrected chi connectivity index (χ3v) is 2.85. The van der Waals surface area contributed by atoms with Gasteiger partial charge >= 0.3 is 5.97 Å². The number of aromatic hydroxyl groups is 1.